The Morgan fingerprint density at radius 2 is 0.542 bits per heavy atom. The van der Waals surface area contributed by atoms with Gasteiger partial charge in [-0.15, -0.1) is 0 Å². The minimum Gasteiger partial charge on any atom is -0.462 e. The highest BCUT2D eigenvalue weighted by Gasteiger charge is 2.19. The van der Waals surface area contributed by atoms with Gasteiger partial charge in [0.1, 0.15) is 13.2 Å². The third-order valence-electron chi connectivity index (χ3n) is 13.8. The maximum Gasteiger partial charge on any atom is 0.306 e. The van der Waals surface area contributed by atoms with Crippen LogP contribution in [-0.4, -0.2) is 37.2 Å². The summed E-state index contributed by atoms with van der Waals surface area (Å²) in [6, 6.07) is 0. The first-order chi connectivity index (χ1) is 35.5. The van der Waals surface area contributed by atoms with Crippen molar-refractivity contribution >= 4 is 17.9 Å². The van der Waals surface area contributed by atoms with Gasteiger partial charge in [-0.25, -0.2) is 0 Å². The summed E-state index contributed by atoms with van der Waals surface area (Å²) >= 11 is 0. The molecule has 0 rings (SSSR count). The first kappa shape index (κ1) is 69.1. The van der Waals surface area contributed by atoms with Gasteiger partial charge in [-0.05, 0) is 83.5 Å². The van der Waals surface area contributed by atoms with Crippen molar-refractivity contribution < 1.29 is 28.6 Å². The summed E-state index contributed by atoms with van der Waals surface area (Å²) in [4.78, 5) is 38.1. The summed E-state index contributed by atoms with van der Waals surface area (Å²) in [5.74, 6) is -0.882. The quantitative estimate of drug-likeness (QED) is 0.0261. The van der Waals surface area contributed by atoms with E-state index in [1.807, 2.05) is 0 Å². The predicted molar refractivity (Wildman–Crippen MR) is 312 cm³/mol. The van der Waals surface area contributed by atoms with Crippen LogP contribution in [0, 0.1) is 0 Å². The maximum atomic E-state index is 12.8. The number of ether oxygens (including phenoxy) is 3. The molecule has 0 aromatic heterocycles. The lowest BCUT2D eigenvalue weighted by atomic mass is 10.0. The molecule has 0 aliphatic rings. The van der Waals surface area contributed by atoms with Gasteiger partial charge in [0.25, 0.3) is 0 Å². The molecule has 1 atom stereocenters. The molecule has 0 bridgehead atoms. The van der Waals surface area contributed by atoms with Gasteiger partial charge in [-0.3, -0.25) is 14.4 Å². The van der Waals surface area contributed by atoms with Crippen LogP contribution in [0.25, 0.3) is 0 Å². The third-order valence-corrected chi connectivity index (χ3v) is 13.8. The first-order valence-electron chi connectivity index (χ1n) is 31.3. The van der Waals surface area contributed by atoms with Gasteiger partial charge >= 0.3 is 17.9 Å². The molecular formula is C66H118O6. The Morgan fingerprint density at radius 1 is 0.292 bits per heavy atom. The molecule has 0 aromatic rings. The van der Waals surface area contributed by atoms with Crippen LogP contribution < -0.4 is 0 Å². The largest absolute Gasteiger partial charge is 0.462 e. The molecule has 0 aromatic carbocycles. The molecule has 0 spiro atoms. The lowest BCUT2D eigenvalue weighted by Crippen LogP contribution is -2.30. The molecule has 0 N–H and O–H groups in total. The zero-order chi connectivity index (χ0) is 52.2. The normalized spacial score (nSPS) is 12.4. The molecular weight excluding hydrogens is 889 g/mol. The van der Waals surface area contributed by atoms with E-state index < -0.39 is 6.10 Å². The number of hydrogen-bond acceptors (Lipinski definition) is 6. The Hall–Kier alpha value is -2.89. The topological polar surface area (TPSA) is 78.9 Å². The Bertz CT molecular complexity index is 1290. The number of carbonyl (C=O) groups excluding carboxylic acids is 3. The molecule has 6 heteroatoms. The van der Waals surface area contributed by atoms with E-state index in [0.717, 1.165) is 96.3 Å². The highest BCUT2D eigenvalue weighted by molar-refractivity contribution is 5.71. The highest BCUT2D eigenvalue weighted by atomic mass is 16.6. The average molecular weight is 1010 g/mol. The molecule has 0 saturated heterocycles. The van der Waals surface area contributed by atoms with Crippen LogP contribution in [0.2, 0.25) is 0 Å². The van der Waals surface area contributed by atoms with Crippen molar-refractivity contribution in [2.24, 2.45) is 0 Å². The fourth-order valence-corrected chi connectivity index (χ4v) is 9.08. The van der Waals surface area contributed by atoms with Crippen LogP contribution in [-0.2, 0) is 28.6 Å². The second-order valence-electron chi connectivity index (χ2n) is 20.9. The van der Waals surface area contributed by atoms with E-state index in [1.165, 1.54) is 186 Å². The van der Waals surface area contributed by atoms with Crippen molar-refractivity contribution in [1.29, 1.82) is 0 Å². The fraction of sp³-hybridized carbons (Fsp3) is 0.803. The number of rotatable bonds is 57. The van der Waals surface area contributed by atoms with E-state index in [-0.39, 0.29) is 31.1 Å². The van der Waals surface area contributed by atoms with Gasteiger partial charge in [-0.1, -0.05) is 281 Å². The fourth-order valence-electron chi connectivity index (χ4n) is 9.08. The van der Waals surface area contributed by atoms with E-state index in [0.29, 0.717) is 19.3 Å². The smallest absolute Gasteiger partial charge is 0.306 e. The molecule has 1 unspecified atom stereocenters. The van der Waals surface area contributed by atoms with Crippen LogP contribution in [0.15, 0.2) is 60.8 Å². The second-order valence-corrected chi connectivity index (χ2v) is 20.9. The minimum absolute atomic E-state index is 0.0772. The Morgan fingerprint density at radius 3 is 0.861 bits per heavy atom. The average Bonchev–Trinajstić information content (AvgIpc) is 3.38. The summed E-state index contributed by atoms with van der Waals surface area (Å²) in [5.41, 5.74) is 0. The molecule has 0 fully saturated rings. The summed E-state index contributed by atoms with van der Waals surface area (Å²) in [7, 11) is 0. The molecule has 0 heterocycles. The second kappa shape index (κ2) is 60.7. The molecule has 6 nitrogen and oxygen atoms in total. The van der Waals surface area contributed by atoms with E-state index in [2.05, 4.69) is 81.5 Å². The van der Waals surface area contributed by atoms with Gasteiger partial charge in [0, 0.05) is 19.3 Å². The SMILES string of the molecule is CC/C=C\C/C=C\C/C=C\C/C=C\CCCCCCCCC(=O)OC(COC(=O)CCCCCCCCCC)COC(=O)CCCCCCCCCCCCCCCCC/C=C\CCCCCCCCCC. The molecule has 418 valence electrons. The van der Waals surface area contributed by atoms with Gasteiger partial charge in [0.05, 0.1) is 0 Å². The van der Waals surface area contributed by atoms with Crippen molar-refractivity contribution in [2.45, 2.75) is 329 Å². The predicted octanol–water partition coefficient (Wildman–Crippen LogP) is 21.2. The molecule has 0 amide bonds. The zero-order valence-corrected chi connectivity index (χ0v) is 47.9. The van der Waals surface area contributed by atoms with E-state index >= 15 is 0 Å². The van der Waals surface area contributed by atoms with Crippen molar-refractivity contribution in [3.05, 3.63) is 60.8 Å². The molecule has 0 radical (unpaired) electrons. The van der Waals surface area contributed by atoms with Crippen LogP contribution >= 0.6 is 0 Å². The number of allylic oxidation sites excluding steroid dienone is 10. The molecule has 0 aliphatic carbocycles. The van der Waals surface area contributed by atoms with Gasteiger partial charge < -0.3 is 14.2 Å². The van der Waals surface area contributed by atoms with Gasteiger partial charge in [-0.2, -0.15) is 0 Å². The summed E-state index contributed by atoms with van der Waals surface area (Å²) in [5, 5.41) is 0. The Balaban J connectivity index is 4.14. The lowest BCUT2D eigenvalue weighted by molar-refractivity contribution is -0.167. The van der Waals surface area contributed by atoms with E-state index in [1.54, 1.807) is 0 Å². The minimum atomic E-state index is -0.779. The van der Waals surface area contributed by atoms with Crippen molar-refractivity contribution in [3.8, 4) is 0 Å². The van der Waals surface area contributed by atoms with Crippen LogP contribution in [0.3, 0.4) is 0 Å². The Labute approximate surface area is 447 Å². The van der Waals surface area contributed by atoms with Crippen molar-refractivity contribution in [1.82, 2.24) is 0 Å². The van der Waals surface area contributed by atoms with Crippen LogP contribution in [0.4, 0.5) is 0 Å². The molecule has 72 heavy (non-hydrogen) atoms. The standard InChI is InChI=1S/C66H118O6/c1-4-7-10-13-16-19-21-23-25-27-29-30-31-32-33-34-35-36-38-39-41-43-45-47-50-53-56-59-65(68)71-62-63(61-70-64(67)58-55-52-49-18-15-12-9-6-3)72-66(69)60-57-54-51-48-46-44-42-40-37-28-26-24-22-20-17-14-11-8-5-2/h8,11,17,20,24,26-27,29,37,40,63H,4-7,9-10,12-16,18-19,21-23,25,28,30-36,38-39,41-62H2,1-3H3/b11-8-,20-17-,26-24-,29-27-,40-37-. The van der Waals surface area contributed by atoms with Gasteiger partial charge in [0.2, 0.25) is 0 Å². The number of esters is 3. The van der Waals surface area contributed by atoms with Crippen molar-refractivity contribution in [3.63, 3.8) is 0 Å². The lowest BCUT2D eigenvalue weighted by Gasteiger charge is -2.18. The van der Waals surface area contributed by atoms with Gasteiger partial charge in [0.15, 0.2) is 6.10 Å². The number of unbranched alkanes of at least 4 members (excludes halogenated alkanes) is 36. The Kier molecular flexibility index (Phi) is 58.2. The van der Waals surface area contributed by atoms with Crippen LogP contribution in [0.1, 0.15) is 323 Å². The van der Waals surface area contributed by atoms with Crippen LogP contribution in [0.5, 0.6) is 0 Å². The number of carbonyl (C=O) groups is 3. The summed E-state index contributed by atoms with van der Waals surface area (Å²) in [6.07, 6.45) is 76.8. The third kappa shape index (κ3) is 58.0. The monoisotopic (exact) mass is 1010 g/mol. The first-order valence-corrected chi connectivity index (χ1v) is 31.3. The molecule has 0 aliphatic heterocycles. The molecule has 0 saturated carbocycles. The van der Waals surface area contributed by atoms with E-state index in [9.17, 15) is 14.4 Å². The summed E-state index contributed by atoms with van der Waals surface area (Å²) in [6.45, 7) is 6.52. The maximum absolute atomic E-state index is 12.8. The van der Waals surface area contributed by atoms with E-state index in [4.69, 9.17) is 14.2 Å². The zero-order valence-electron chi connectivity index (χ0n) is 47.9. The number of hydrogen-bond donors (Lipinski definition) is 0. The van der Waals surface area contributed by atoms with Crippen molar-refractivity contribution in [2.75, 3.05) is 13.2 Å². The highest BCUT2D eigenvalue weighted by Crippen LogP contribution is 2.17. The summed E-state index contributed by atoms with van der Waals surface area (Å²) < 4.78 is 16.8.